The van der Waals surface area contributed by atoms with Gasteiger partial charge in [-0.15, -0.1) is 11.8 Å². The minimum atomic E-state index is -1.10. The van der Waals surface area contributed by atoms with E-state index in [1.165, 1.54) is 16.7 Å². The number of benzene rings is 1. The number of aliphatic hydroxyl groups excluding tert-OH is 1. The van der Waals surface area contributed by atoms with Crippen molar-refractivity contribution in [2.45, 2.75) is 43.8 Å². The second-order valence-corrected chi connectivity index (χ2v) is 9.17. The molecule has 2 saturated heterocycles. The molecule has 0 aromatic heterocycles. The maximum atomic E-state index is 12.4. The Hall–Kier alpha value is -2.03. The van der Waals surface area contributed by atoms with Crippen LogP contribution in [0.3, 0.4) is 0 Å². The van der Waals surface area contributed by atoms with Crippen LogP contribution in [0, 0.1) is 11.8 Å². The van der Waals surface area contributed by atoms with Gasteiger partial charge in [-0.2, -0.15) is 0 Å². The lowest BCUT2D eigenvalue weighted by atomic mass is 9.79. The van der Waals surface area contributed by atoms with Gasteiger partial charge in [0.25, 0.3) is 0 Å². The third kappa shape index (κ3) is 3.65. The number of rotatable bonds is 7. The van der Waals surface area contributed by atoms with Crippen molar-refractivity contribution in [2.75, 3.05) is 13.2 Å². The number of thioether (sulfide) groups is 1. The third-order valence-corrected chi connectivity index (χ3v) is 7.31. The molecule has 0 bridgehead atoms. The van der Waals surface area contributed by atoms with Crippen LogP contribution in [0.4, 0.5) is 0 Å². The van der Waals surface area contributed by atoms with Gasteiger partial charge in [0.05, 0.1) is 30.8 Å². The lowest BCUT2D eigenvalue weighted by Crippen LogP contribution is -2.63. The summed E-state index contributed by atoms with van der Waals surface area (Å²) >= 11 is 1.49. The fourth-order valence-electron chi connectivity index (χ4n) is 4.44. The third-order valence-electron chi connectivity index (χ3n) is 5.83. The highest BCUT2D eigenvalue weighted by molar-refractivity contribution is 8.03. The fraction of sp³-hybridized carbons (Fsp3) is 0.524. The van der Waals surface area contributed by atoms with Crippen molar-refractivity contribution < 1.29 is 29.3 Å². The zero-order valence-corrected chi connectivity index (χ0v) is 17.2. The summed E-state index contributed by atoms with van der Waals surface area (Å²) < 4.78 is 11.6. The van der Waals surface area contributed by atoms with Gasteiger partial charge >= 0.3 is 5.97 Å². The van der Waals surface area contributed by atoms with Crippen LogP contribution in [0.25, 0.3) is 0 Å². The van der Waals surface area contributed by atoms with E-state index in [4.69, 9.17) is 9.47 Å². The average Bonchev–Trinajstić information content (AvgIpc) is 3.22. The SMILES string of the molecule is CC(O)C1C(=O)N2C(C(=O)O)=C(SC3COC(COc4ccccc4)C3)C(C)C12. The molecule has 7 nitrogen and oxygen atoms in total. The van der Waals surface area contributed by atoms with E-state index in [-0.39, 0.29) is 34.9 Å². The molecule has 0 saturated carbocycles. The lowest BCUT2D eigenvalue weighted by Gasteiger charge is -2.46. The monoisotopic (exact) mass is 419 g/mol. The van der Waals surface area contributed by atoms with Gasteiger partial charge in [0.15, 0.2) is 0 Å². The number of carboxylic acid groups (broad SMARTS) is 1. The van der Waals surface area contributed by atoms with E-state index in [0.717, 1.165) is 12.2 Å². The van der Waals surface area contributed by atoms with Gasteiger partial charge in [0.1, 0.15) is 18.1 Å². The van der Waals surface area contributed by atoms with Crippen molar-refractivity contribution in [1.29, 1.82) is 0 Å². The van der Waals surface area contributed by atoms with Crippen LogP contribution >= 0.6 is 11.8 Å². The van der Waals surface area contributed by atoms with Crippen LogP contribution < -0.4 is 4.74 Å². The highest BCUT2D eigenvalue weighted by Crippen LogP contribution is 2.52. The number of carbonyl (C=O) groups is 2. The van der Waals surface area contributed by atoms with Gasteiger partial charge in [0.2, 0.25) is 5.91 Å². The van der Waals surface area contributed by atoms with E-state index in [1.54, 1.807) is 6.92 Å². The minimum absolute atomic E-state index is 0.0536. The second-order valence-electron chi connectivity index (χ2n) is 7.83. The highest BCUT2D eigenvalue weighted by atomic mass is 32.2. The Labute approximate surface area is 173 Å². The molecule has 1 aromatic rings. The highest BCUT2D eigenvalue weighted by Gasteiger charge is 2.60. The number of carboxylic acids is 1. The number of fused-ring (bicyclic) bond motifs is 1. The van der Waals surface area contributed by atoms with Crippen molar-refractivity contribution >= 4 is 23.6 Å². The summed E-state index contributed by atoms with van der Waals surface area (Å²) in [5, 5.41) is 19.8. The molecular formula is C21H25NO6S. The molecular weight excluding hydrogens is 394 g/mol. The van der Waals surface area contributed by atoms with Gasteiger partial charge in [-0.25, -0.2) is 4.79 Å². The summed E-state index contributed by atoms with van der Waals surface area (Å²) in [6.45, 7) is 4.47. The van der Waals surface area contributed by atoms with Crippen LogP contribution in [0.2, 0.25) is 0 Å². The van der Waals surface area contributed by atoms with Crippen molar-refractivity contribution in [3.05, 3.63) is 40.9 Å². The number of nitrogens with zero attached hydrogens (tertiary/aromatic N) is 1. The lowest BCUT2D eigenvalue weighted by molar-refractivity contribution is -0.163. The molecule has 156 valence electrons. The molecule has 6 atom stereocenters. The Morgan fingerprint density at radius 1 is 1.38 bits per heavy atom. The molecule has 3 aliphatic rings. The molecule has 1 amide bonds. The van der Waals surface area contributed by atoms with Crippen molar-refractivity contribution in [3.8, 4) is 5.75 Å². The first-order valence-corrected chi connectivity index (χ1v) is 10.7. The van der Waals surface area contributed by atoms with E-state index in [9.17, 15) is 19.8 Å². The van der Waals surface area contributed by atoms with E-state index >= 15 is 0 Å². The molecule has 3 aliphatic heterocycles. The van der Waals surface area contributed by atoms with Crippen molar-refractivity contribution in [3.63, 3.8) is 0 Å². The summed E-state index contributed by atoms with van der Waals surface area (Å²) in [7, 11) is 0. The van der Waals surface area contributed by atoms with E-state index in [0.29, 0.717) is 18.1 Å². The van der Waals surface area contributed by atoms with Crippen LogP contribution in [0.5, 0.6) is 5.75 Å². The molecule has 8 heteroatoms. The summed E-state index contributed by atoms with van der Waals surface area (Å²) in [5.74, 6) is -1.27. The largest absolute Gasteiger partial charge is 0.491 e. The minimum Gasteiger partial charge on any atom is -0.491 e. The standard InChI is InChI=1S/C21H25NO6S/c1-11-17-16(12(2)23)20(24)22(17)18(21(25)26)19(11)29-15-8-14(28-10-15)9-27-13-6-4-3-5-7-13/h3-7,11-12,14-17,23H,8-10H2,1-2H3,(H,25,26). The van der Waals surface area contributed by atoms with Gasteiger partial charge in [-0.05, 0) is 25.5 Å². The molecule has 2 N–H and O–H groups in total. The predicted molar refractivity (Wildman–Crippen MR) is 107 cm³/mol. The summed E-state index contributed by atoms with van der Waals surface area (Å²) in [5.41, 5.74) is 0.0679. The first kappa shape index (κ1) is 20.3. The normalized spacial score (nSPS) is 32.2. The van der Waals surface area contributed by atoms with Gasteiger partial charge in [-0.3, -0.25) is 4.79 Å². The summed E-state index contributed by atoms with van der Waals surface area (Å²) in [4.78, 5) is 26.4. The van der Waals surface area contributed by atoms with Crippen molar-refractivity contribution in [2.24, 2.45) is 11.8 Å². The van der Waals surface area contributed by atoms with Crippen LogP contribution in [0.15, 0.2) is 40.9 Å². The number of aliphatic carboxylic acids is 1. The number of β-lactam (4-membered cyclic amide) rings is 1. The first-order valence-electron chi connectivity index (χ1n) is 9.83. The molecule has 4 rings (SSSR count). The Morgan fingerprint density at radius 3 is 2.76 bits per heavy atom. The molecule has 2 fully saturated rings. The molecule has 6 unspecified atom stereocenters. The number of hydrogen-bond acceptors (Lipinski definition) is 6. The molecule has 29 heavy (non-hydrogen) atoms. The first-order chi connectivity index (χ1) is 13.9. The second kappa shape index (κ2) is 8.01. The maximum absolute atomic E-state index is 12.4. The van der Waals surface area contributed by atoms with Crippen LogP contribution in [0.1, 0.15) is 20.3 Å². The zero-order valence-electron chi connectivity index (χ0n) is 16.4. The summed E-state index contributed by atoms with van der Waals surface area (Å²) in [6.07, 6.45) is -0.0962. The molecule has 0 spiro atoms. The Bertz CT molecular complexity index is 826. The quantitative estimate of drug-likeness (QED) is 0.654. The Balaban J connectivity index is 1.41. The van der Waals surface area contributed by atoms with Gasteiger partial charge < -0.3 is 24.6 Å². The average molecular weight is 419 g/mol. The van der Waals surface area contributed by atoms with E-state index in [2.05, 4.69) is 0 Å². The van der Waals surface area contributed by atoms with Gasteiger partial charge in [0, 0.05) is 16.1 Å². The fourth-order valence-corrected chi connectivity index (χ4v) is 5.90. The van der Waals surface area contributed by atoms with E-state index < -0.39 is 18.0 Å². The number of amides is 1. The number of ether oxygens (including phenoxy) is 2. The number of aliphatic hydroxyl groups is 1. The smallest absolute Gasteiger partial charge is 0.353 e. The Morgan fingerprint density at radius 2 is 2.10 bits per heavy atom. The van der Waals surface area contributed by atoms with Crippen LogP contribution in [-0.4, -0.2) is 63.7 Å². The Kier molecular flexibility index (Phi) is 5.59. The number of hydrogen-bond donors (Lipinski definition) is 2. The molecule has 0 radical (unpaired) electrons. The van der Waals surface area contributed by atoms with Crippen LogP contribution in [-0.2, 0) is 14.3 Å². The molecule has 3 heterocycles. The zero-order chi connectivity index (χ0) is 20.7. The molecule has 1 aromatic carbocycles. The predicted octanol–water partition coefficient (Wildman–Crippen LogP) is 2.11. The van der Waals surface area contributed by atoms with E-state index in [1.807, 2.05) is 37.3 Å². The molecule has 0 aliphatic carbocycles. The van der Waals surface area contributed by atoms with Gasteiger partial charge in [-0.1, -0.05) is 25.1 Å². The van der Waals surface area contributed by atoms with Crippen molar-refractivity contribution in [1.82, 2.24) is 4.90 Å². The maximum Gasteiger partial charge on any atom is 0.353 e. The summed E-state index contributed by atoms with van der Waals surface area (Å²) in [6, 6.07) is 9.26. The topological polar surface area (TPSA) is 96.3 Å². The number of carbonyl (C=O) groups excluding carboxylic acids is 1. The number of para-hydroxylation sites is 1.